The monoisotopic (exact) mass is 1030 g/mol. The molecule has 8 atom stereocenters. The van der Waals surface area contributed by atoms with Crippen LogP contribution in [0.2, 0.25) is 0 Å². The molecule has 0 unspecified atom stereocenters. The number of amides is 11. The Kier molecular flexibility index (Phi) is 23.4. The highest BCUT2D eigenvalue weighted by Gasteiger charge is 2.41. The summed E-state index contributed by atoms with van der Waals surface area (Å²) in [5.41, 5.74) is 16.8. The van der Waals surface area contributed by atoms with Gasteiger partial charge in [0.1, 0.15) is 48.0 Å². The van der Waals surface area contributed by atoms with Crippen molar-refractivity contribution in [1.29, 1.82) is 0 Å². The van der Waals surface area contributed by atoms with Gasteiger partial charge in [0.25, 0.3) is 0 Å². The predicted molar refractivity (Wildman–Crippen MR) is 265 cm³/mol. The first-order valence-corrected chi connectivity index (χ1v) is 25.8. The second-order valence-electron chi connectivity index (χ2n) is 18.8. The van der Waals surface area contributed by atoms with Crippen LogP contribution in [-0.2, 0) is 59.2 Å². The van der Waals surface area contributed by atoms with E-state index >= 15 is 0 Å². The lowest BCUT2D eigenvalue weighted by molar-refractivity contribution is -0.142. The molecule has 2 aliphatic heterocycles. The number of ether oxygens (including phenoxy) is 1. The fraction of sp³-hybridized carbons (Fsp3) is 0.630. The number of carbonyl (C=O) groups is 11. The van der Waals surface area contributed by atoms with Crippen molar-refractivity contribution in [3.8, 4) is 5.75 Å². The molecular weight excluding hydrogens is 963 g/mol. The van der Waals surface area contributed by atoms with Gasteiger partial charge in [-0.15, -0.1) is 0 Å². The maximum Gasteiger partial charge on any atom is 0.246 e. The molecule has 2 fully saturated rings. The Morgan fingerprint density at radius 3 is 2.06 bits per heavy atom. The molecule has 1 aromatic rings. The summed E-state index contributed by atoms with van der Waals surface area (Å²) < 4.78 is 4.39. The highest BCUT2D eigenvalue weighted by Crippen LogP contribution is 2.39. The Balaban J connectivity index is 2.09. The first kappa shape index (κ1) is 59.2. The summed E-state index contributed by atoms with van der Waals surface area (Å²) in [5.74, 6) is -9.07. The number of hydrogen-bond donors (Lipinski definition) is 10. The van der Waals surface area contributed by atoms with Crippen molar-refractivity contribution in [2.45, 2.75) is 146 Å². The molecule has 2 saturated heterocycles. The molecule has 394 valence electrons. The zero-order valence-corrected chi connectivity index (χ0v) is 43.0. The normalized spacial score (nSPS) is 23.6. The second kappa shape index (κ2) is 28.1. The Hall–Kier alpha value is -6.11. The molecule has 2 heterocycles. The van der Waals surface area contributed by atoms with Crippen molar-refractivity contribution in [2.24, 2.45) is 29.0 Å². The standard InChI is InChI=1S/C46H71N11O12S2/c1-8-25(4)38-44(67)52-28(15-16-34(47)58)40(63)53-31(20-35(48)59)41(64)55-32(45(68)57-17-9-10-33(57)43(66)54-29(18-24(2)3)39(62)50-22-36(49)60)23-70-71-46(5,6)21-37(61)51-30(42(65)56-38)19-26-11-13-27(69-7)14-12-26/h11-14,24-25,28-33,38H,8-10,15-23H2,1-7H3,(H2,47,58)(H2,48,59)(H2,49,60)(H,50,62)(H,51,61)(H,52,67)(H,53,63)(H,54,66)(H,55,64)(H,56,65)/t25-,28-,29-,30-,31-,32-,33-,38-/m0/s1. The predicted octanol–water partition coefficient (Wildman–Crippen LogP) is -1.46. The van der Waals surface area contributed by atoms with Crippen LogP contribution < -0.4 is 59.2 Å². The van der Waals surface area contributed by atoms with Gasteiger partial charge in [0.2, 0.25) is 65.0 Å². The van der Waals surface area contributed by atoms with Crippen molar-refractivity contribution >= 4 is 86.6 Å². The summed E-state index contributed by atoms with van der Waals surface area (Å²) in [6, 6.07) is -2.56. The number of benzene rings is 1. The first-order chi connectivity index (χ1) is 33.3. The van der Waals surface area contributed by atoms with Crippen molar-refractivity contribution in [1.82, 2.24) is 42.1 Å². The van der Waals surface area contributed by atoms with Gasteiger partial charge in [0, 0.05) is 36.3 Å². The average molecular weight is 1030 g/mol. The quantitative estimate of drug-likeness (QED) is 0.0752. The third kappa shape index (κ3) is 19.5. The molecule has 0 aromatic heterocycles. The molecule has 25 heteroatoms. The number of rotatable bonds is 18. The molecule has 1 aromatic carbocycles. The van der Waals surface area contributed by atoms with Crippen LogP contribution in [0.15, 0.2) is 24.3 Å². The number of nitrogens with two attached hydrogens (primary N) is 3. The van der Waals surface area contributed by atoms with Gasteiger partial charge in [-0.05, 0) is 69.1 Å². The van der Waals surface area contributed by atoms with E-state index in [-0.39, 0.29) is 50.3 Å². The Morgan fingerprint density at radius 1 is 0.831 bits per heavy atom. The summed E-state index contributed by atoms with van der Waals surface area (Å²) >= 11 is 0. The average Bonchev–Trinajstić information content (AvgIpc) is 3.79. The Morgan fingerprint density at radius 2 is 1.46 bits per heavy atom. The SMILES string of the molecule is CC[C@H](C)[C@@H]1NC(=O)[C@H](Cc2ccc(OC)cc2)NC(=O)CC(C)(C)SSC[C@@H](C(=O)N2CCC[C@H]2C(=O)N[C@@H](CC(C)C)C(=O)NCC(N)=O)NC(=O)[C@H](CC(N)=O)NC(=O)[C@H](CCC(N)=O)NC1=O. The van der Waals surface area contributed by atoms with E-state index in [4.69, 9.17) is 21.9 Å². The van der Waals surface area contributed by atoms with E-state index in [2.05, 4.69) is 37.2 Å². The summed E-state index contributed by atoms with van der Waals surface area (Å²) in [6.07, 6.45) is -0.594. The van der Waals surface area contributed by atoms with Crippen LogP contribution in [0.1, 0.15) is 98.5 Å². The van der Waals surface area contributed by atoms with Gasteiger partial charge in [-0.3, -0.25) is 52.7 Å². The first-order valence-electron chi connectivity index (χ1n) is 23.5. The fourth-order valence-corrected chi connectivity index (χ4v) is 10.5. The van der Waals surface area contributed by atoms with E-state index in [9.17, 15) is 52.7 Å². The molecule has 0 bridgehead atoms. The van der Waals surface area contributed by atoms with Gasteiger partial charge in [0.05, 0.1) is 20.1 Å². The minimum absolute atomic E-state index is 0.00348. The van der Waals surface area contributed by atoms with Crippen LogP contribution in [0.25, 0.3) is 0 Å². The van der Waals surface area contributed by atoms with E-state index in [1.165, 1.54) is 22.8 Å². The van der Waals surface area contributed by atoms with E-state index in [0.717, 1.165) is 10.8 Å². The molecule has 0 saturated carbocycles. The van der Waals surface area contributed by atoms with Gasteiger partial charge in [-0.2, -0.15) is 0 Å². The molecule has 0 spiro atoms. The van der Waals surface area contributed by atoms with E-state index in [0.29, 0.717) is 24.2 Å². The van der Waals surface area contributed by atoms with E-state index < -0.39 is 137 Å². The zero-order valence-electron chi connectivity index (χ0n) is 41.4. The van der Waals surface area contributed by atoms with Gasteiger partial charge in [-0.1, -0.05) is 67.8 Å². The van der Waals surface area contributed by atoms with Crippen LogP contribution in [0.3, 0.4) is 0 Å². The van der Waals surface area contributed by atoms with Crippen LogP contribution in [0.5, 0.6) is 5.75 Å². The van der Waals surface area contributed by atoms with Gasteiger partial charge in [0.15, 0.2) is 0 Å². The molecule has 23 nitrogen and oxygen atoms in total. The fourth-order valence-electron chi connectivity index (χ4n) is 7.80. The molecule has 2 aliphatic rings. The van der Waals surface area contributed by atoms with Crippen molar-refractivity contribution in [2.75, 3.05) is 26.0 Å². The highest BCUT2D eigenvalue weighted by molar-refractivity contribution is 8.77. The number of carbonyl (C=O) groups excluding carboxylic acids is 11. The number of hydrogen-bond acceptors (Lipinski definition) is 14. The molecule has 3 rings (SSSR count). The number of likely N-dealkylation sites (tertiary alicyclic amines) is 1. The van der Waals surface area contributed by atoms with Crippen LogP contribution >= 0.6 is 21.6 Å². The summed E-state index contributed by atoms with van der Waals surface area (Å²) in [6.45, 7) is 10.2. The number of primary amides is 3. The lowest BCUT2D eigenvalue weighted by Crippen LogP contribution is -2.61. The van der Waals surface area contributed by atoms with Crippen molar-refractivity contribution in [3.63, 3.8) is 0 Å². The smallest absolute Gasteiger partial charge is 0.246 e. The van der Waals surface area contributed by atoms with Gasteiger partial charge < -0.3 is 64.1 Å². The minimum atomic E-state index is -1.73. The summed E-state index contributed by atoms with van der Waals surface area (Å²) in [4.78, 5) is 149. The molecule has 0 aliphatic carbocycles. The Bertz CT molecular complexity index is 2110. The molecular formula is C46H71N11O12S2. The lowest BCUT2D eigenvalue weighted by Gasteiger charge is -2.32. The third-order valence-corrected chi connectivity index (χ3v) is 15.0. The van der Waals surface area contributed by atoms with Crippen LogP contribution in [0, 0.1) is 11.8 Å². The molecule has 71 heavy (non-hydrogen) atoms. The summed E-state index contributed by atoms with van der Waals surface area (Å²) in [5, 5.41) is 18.3. The number of nitrogens with one attached hydrogen (secondary N) is 7. The third-order valence-electron chi connectivity index (χ3n) is 11.7. The lowest BCUT2D eigenvalue weighted by atomic mass is 9.96. The topological polar surface area (TPSA) is 363 Å². The van der Waals surface area contributed by atoms with Crippen LogP contribution in [0.4, 0.5) is 0 Å². The molecule has 0 radical (unpaired) electrons. The van der Waals surface area contributed by atoms with Crippen LogP contribution in [-0.4, -0.2) is 143 Å². The molecule has 13 N–H and O–H groups in total. The zero-order chi connectivity index (χ0) is 53.2. The highest BCUT2D eigenvalue weighted by atomic mass is 33.1. The van der Waals surface area contributed by atoms with Crippen molar-refractivity contribution in [3.05, 3.63) is 29.8 Å². The minimum Gasteiger partial charge on any atom is -0.497 e. The largest absolute Gasteiger partial charge is 0.497 e. The number of nitrogens with zero attached hydrogens (tertiary/aromatic N) is 1. The maximum atomic E-state index is 14.6. The van der Waals surface area contributed by atoms with E-state index in [1.807, 2.05) is 13.8 Å². The molecule has 11 amide bonds. The summed E-state index contributed by atoms with van der Waals surface area (Å²) in [7, 11) is 3.80. The van der Waals surface area contributed by atoms with Gasteiger partial charge >= 0.3 is 0 Å². The Labute approximate surface area is 421 Å². The van der Waals surface area contributed by atoms with E-state index in [1.54, 1.807) is 52.0 Å². The van der Waals surface area contributed by atoms with Gasteiger partial charge in [-0.25, -0.2) is 0 Å². The second-order valence-corrected chi connectivity index (χ2v) is 21.8. The maximum absolute atomic E-state index is 14.6. The van der Waals surface area contributed by atoms with Crippen molar-refractivity contribution < 1.29 is 57.5 Å². The number of methoxy groups -OCH3 is 1.